The predicted octanol–water partition coefficient (Wildman–Crippen LogP) is 1.93. The van der Waals surface area contributed by atoms with Gasteiger partial charge in [-0.05, 0) is 38.8 Å². The molecule has 2 N–H and O–H groups in total. The highest BCUT2D eigenvalue weighted by Gasteiger charge is 2.19. The first-order chi connectivity index (χ1) is 9.76. The number of ether oxygens (including phenoxy) is 1. The van der Waals surface area contributed by atoms with Gasteiger partial charge in [0, 0.05) is 39.9 Å². The molecule has 1 rings (SSSR count). The number of nitrogens with zero attached hydrogens (tertiary/aromatic N) is 2. The molecule has 5 nitrogen and oxygen atoms in total. The van der Waals surface area contributed by atoms with Crippen molar-refractivity contribution < 1.29 is 4.74 Å². The van der Waals surface area contributed by atoms with E-state index in [4.69, 9.17) is 4.74 Å². The topological polar surface area (TPSA) is 48.9 Å². The van der Waals surface area contributed by atoms with Crippen LogP contribution in [0.5, 0.6) is 0 Å². The molecule has 126 valence electrons. The summed E-state index contributed by atoms with van der Waals surface area (Å²) < 4.78 is 5.54. The van der Waals surface area contributed by atoms with Gasteiger partial charge in [0.05, 0.1) is 0 Å². The van der Waals surface area contributed by atoms with Crippen LogP contribution < -0.4 is 10.6 Å². The number of nitrogens with one attached hydrogen (secondary N) is 2. The van der Waals surface area contributed by atoms with Gasteiger partial charge in [-0.25, -0.2) is 0 Å². The van der Waals surface area contributed by atoms with Gasteiger partial charge in [-0.15, -0.1) is 24.0 Å². The Balaban J connectivity index is 0.00000400. The number of likely N-dealkylation sites (tertiary alicyclic amines) is 1. The molecular weight excluding hydrogens is 379 g/mol. The first kappa shape index (κ1) is 20.9. The minimum absolute atomic E-state index is 0. The largest absolute Gasteiger partial charge is 0.381 e. The molecule has 0 bridgehead atoms. The minimum Gasteiger partial charge on any atom is -0.381 e. The Morgan fingerprint density at radius 3 is 2.67 bits per heavy atom. The Morgan fingerprint density at radius 1 is 1.29 bits per heavy atom. The van der Waals surface area contributed by atoms with Crippen LogP contribution in [0.1, 0.15) is 32.6 Å². The summed E-state index contributed by atoms with van der Waals surface area (Å²) in [6.45, 7) is 8.23. The summed E-state index contributed by atoms with van der Waals surface area (Å²) in [6, 6.07) is 0. The van der Waals surface area contributed by atoms with E-state index >= 15 is 0 Å². The van der Waals surface area contributed by atoms with Crippen molar-refractivity contribution in [3.63, 3.8) is 0 Å². The number of aliphatic imine (C=N–C) groups is 1. The van der Waals surface area contributed by atoms with E-state index in [2.05, 4.69) is 34.5 Å². The summed E-state index contributed by atoms with van der Waals surface area (Å²) in [6.07, 6.45) is 4.67. The number of halogens is 1. The number of unbranched alkanes of at least 4 members (excludes halogenated alkanes) is 1. The smallest absolute Gasteiger partial charge is 0.190 e. The summed E-state index contributed by atoms with van der Waals surface area (Å²) >= 11 is 0. The van der Waals surface area contributed by atoms with Gasteiger partial charge in [0.15, 0.2) is 5.96 Å². The van der Waals surface area contributed by atoms with Crippen molar-refractivity contribution in [3.8, 4) is 0 Å². The van der Waals surface area contributed by atoms with Crippen molar-refractivity contribution in [1.82, 2.24) is 15.5 Å². The third-order valence-corrected chi connectivity index (χ3v) is 3.67. The second kappa shape index (κ2) is 13.6. The summed E-state index contributed by atoms with van der Waals surface area (Å²) in [4.78, 5) is 6.64. The first-order valence-electron chi connectivity index (χ1n) is 7.97. The van der Waals surface area contributed by atoms with Gasteiger partial charge in [0.2, 0.25) is 0 Å². The van der Waals surface area contributed by atoms with Crippen molar-refractivity contribution in [1.29, 1.82) is 0 Å². The molecule has 0 aliphatic carbocycles. The van der Waals surface area contributed by atoms with Gasteiger partial charge in [0.1, 0.15) is 0 Å². The Kier molecular flexibility index (Phi) is 13.5. The van der Waals surface area contributed by atoms with Crippen LogP contribution in [0.2, 0.25) is 0 Å². The number of hydrogen-bond donors (Lipinski definition) is 2. The van der Waals surface area contributed by atoms with Crippen LogP contribution in [0.4, 0.5) is 0 Å². The second-order valence-corrected chi connectivity index (χ2v) is 5.62. The van der Waals surface area contributed by atoms with E-state index in [1.807, 2.05) is 7.05 Å². The zero-order valence-corrected chi connectivity index (χ0v) is 16.2. The maximum atomic E-state index is 5.54. The molecule has 0 aromatic carbocycles. The van der Waals surface area contributed by atoms with Crippen molar-refractivity contribution >= 4 is 29.9 Å². The van der Waals surface area contributed by atoms with Crippen molar-refractivity contribution in [2.24, 2.45) is 10.9 Å². The predicted molar refractivity (Wildman–Crippen MR) is 101 cm³/mol. The van der Waals surface area contributed by atoms with E-state index in [1.54, 1.807) is 0 Å². The van der Waals surface area contributed by atoms with Gasteiger partial charge in [0.25, 0.3) is 0 Å². The van der Waals surface area contributed by atoms with E-state index in [1.165, 1.54) is 25.9 Å². The Labute approximate surface area is 147 Å². The average molecular weight is 412 g/mol. The highest BCUT2D eigenvalue weighted by molar-refractivity contribution is 14.0. The SMILES string of the molecule is CCCCOCCCNC(=NC)NCC1CCN(C)C1.I. The molecule has 1 aliphatic rings. The zero-order valence-electron chi connectivity index (χ0n) is 13.9. The van der Waals surface area contributed by atoms with Crippen molar-refractivity contribution in [2.75, 3.05) is 53.5 Å². The molecule has 0 amide bonds. The number of rotatable bonds is 9. The quantitative estimate of drug-likeness (QED) is 0.263. The molecule has 21 heavy (non-hydrogen) atoms. The molecule has 0 aromatic rings. The first-order valence-corrected chi connectivity index (χ1v) is 7.97. The van der Waals surface area contributed by atoms with Gasteiger partial charge >= 0.3 is 0 Å². The maximum Gasteiger partial charge on any atom is 0.190 e. The molecule has 1 saturated heterocycles. The van der Waals surface area contributed by atoms with Gasteiger partial charge in [-0.3, -0.25) is 4.99 Å². The van der Waals surface area contributed by atoms with E-state index < -0.39 is 0 Å². The van der Waals surface area contributed by atoms with Crippen LogP contribution in [0.15, 0.2) is 4.99 Å². The third-order valence-electron chi connectivity index (χ3n) is 3.67. The molecule has 1 unspecified atom stereocenters. The maximum absolute atomic E-state index is 5.54. The fourth-order valence-electron chi connectivity index (χ4n) is 2.38. The summed E-state index contributed by atoms with van der Waals surface area (Å²) in [5.41, 5.74) is 0. The lowest BCUT2D eigenvalue weighted by molar-refractivity contribution is 0.129. The lowest BCUT2D eigenvalue weighted by Gasteiger charge is -2.15. The van der Waals surface area contributed by atoms with Crippen LogP contribution in [0, 0.1) is 5.92 Å². The van der Waals surface area contributed by atoms with Crippen molar-refractivity contribution in [3.05, 3.63) is 0 Å². The minimum atomic E-state index is 0. The highest BCUT2D eigenvalue weighted by Crippen LogP contribution is 2.12. The number of hydrogen-bond acceptors (Lipinski definition) is 3. The molecule has 1 atom stereocenters. The monoisotopic (exact) mass is 412 g/mol. The van der Waals surface area contributed by atoms with Crippen LogP contribution in [-0.2, 0) is 4.74 Å². The van der Waals surface area contributed by atoms with E-state index in [0.717, 1.165) is 51.0 Å². The van der Waals surface area contributed by atoms with Crippen LogP contribution in [0.25, 0.3) is 0 Å². The standard InChI is InChI=1S/C15H32N4O.HI/c1-4-5-10-20-11-6-8-17-15(16-2)18-12-14-7-9-19(3)13-14;/h14H,4-13H2,1-3H3,(H2,16,17,18);1H. The van der Waals surface area contributed by atoms with E-state index in [9.17, 15) is 0 Å². The Morgan fingerprint density at radius 2 is 2.05 bits per heavy atom. The second-order valence-electron chi connectivity index (χ2n) is 5.62. The zero-order chi connectivity index (χ0) is 14.6. The lowest BCUT2D eigenvalue weighted by atomic mass is 10.1. The third kappa shape index (κ3) is 10.3. The average Bonchev–Trinajstić information content (AvgIpc) is 2.87. The van der Waals surface area contributed by atoms with E-state index in [0.29, 0.717) is 0 Å². The Hall–Kier alpha value is -0.0800. The summed E-state index contributed by atoms with van der Waals surface area (Å²) in [5, 5.41) is 6.76. The van der Waals surface area contributed by atoms with Crippen LogP contribution >= 0.6 is 24.0 Å². The van der Waals surface area contributed by atoms with Crippen LogP contribution in [-0.4, -0.2) is 64.3 Å². The van der Waals surface area contributed by atoms with Gasteiger partial charge < -0.3 is 20.3 Å². The Bertz CT molecular complexity index is 276. The molecule has 1 fully saturated rings. The fraction of sp³-hybridized carbons (Fsp3) is 0.933. The van der Waals surface area contributed by atoms with Crippen molar-refractivity contribution in [2.45, 2.75) is 32.6 Å². The van der Waals surface area contributed by atoms with Crippen LogP contribution in [0.3, 0.4) is 0 Å². The molecule has 1 heterocycles. The lowest BCUT2D eigenvalue weighted by Crippen LogP contribution is -2.40. The highest BCUT2D eigenvalue weighted by atomic mass is 127. The molecule has 0 spiro atoms. The van der Waals surface area contributed by atoms with Gasteiger partial charge in [-0.1, -0.05) is 13.3 Å². The molecular formula is C15H33IN4O. The summed E-state index contributed by atoms with van der Waals surface area (Å²) in [5.74, 6) is 1.66. The fourth-order valence-corrected chi connectivity index (χ4v) is 2.38. The summed E-state index contributed by atoms with van der Waals surface area (Å²) in [7, 11) is 4.01. The number of guanidine groups is 1. The van der Waals surface area contributed by atoms with E-state index in [-0.39, 0.29) is 24.0 Å². The molecule has 0 aromatic heterocycles. The molecule has 1 aliphatic heterocycles. The normalized spacial score (nSPS) is 19.4. The van der Waals surface area contributed by atoms with Gasteiger partial charge in [-0.2, -0.15) is 0 Å². The molecule has 6 heteroatoms. The molecule has 0 saturated carbocycles. The molecule has 0 radical (unpaired) electrons.